The monoisotopic (exact) mass is 149 g/mol. The third-order valence-electron chi connectivity index (χ3n) is 0.437. The van der Waals surface area contributed by atoms with Crippen LogP contribution in [0.2, 0.25) is 0 Å². The van der Waals surface area contributed by atoms with Crippen LogP contribution in [-0.4, -0.2) is 16.6 Å². The molecule has 0 saturated heterocycles. The van der Waals surface area contributed by atoms with E-state index in [0.29, 0.717) is 11.5 Å². The molecule has 0 aromatic heterocycles. The molecule has 0 bridgehead atoms. The Labute approximate surface area is 58.4 Å². The lowest BCUT2D eigenvalue weighted by atomic mass is 10.6. The lowest BCUT2D eigenvalue weighted by molar-refractivity contribution is 1.09. The zero-order valence-electron chi connectivity index (χ0n) is 4.18. The molecule has 0 spiro atoms. The summed E-state index contributed by atoms with van der Waals surface area (Å²) in [5.74, 6) is 0. The van der Waals surface area contributed by atoms with Crippen molar-refractivity contribution in [2.24, 2.45) is 11.5 Å². The lowest BCUT2D eigenvalue weighted by Crippen LogP contribution is -2.35. The van der Waals surface area contributed by atoms with Gasteiger partial charge in [0.15, 0.2) is 5.11 Å². The van der Waals surface area contributed by atoms with E-state index in [1.165, 1.54) is 0 Å². The van der Waals surface area contributed by atoms with Crippen molar-refractivity contribution in [3.63, 3.8) is 0 Å². The molecule has 0 aliphatic rings. The van der Waals surface area contributed by atoms with Gasteiger partial charge in [-0.2, -0.15) is 0 Å². The van der Waals surface area contributed by atoms with E-state index in [9.17, 15) is 0 Å². The van der Waals surface area contributed by atoms with Gasteiger partial charge in [-0.25, -0.2) is 0 Å². The van der Waals surface area contributed by atoms with E-state index in [0.717, 1.165) is 0 Å². The summed E-state index contributed by atoms with van der Waals surface area (Å²) in [7, 11) is 0. The van der Waals surface area contributed by atoms with Gasteiger partial charge in [0.25, 0.3) is 0 Å². The van der Waals surface area contributed by atoms with Gasteiger partial charge in [0.1, 0.15) is 0 Å². The second-order valence-electron chi connectivity index (χ2n) is 1.18. The molecule has 8 heavy (non-hydrogen) atoms. The van der Waals surface area contributed by atoms with Gasteiger partial charge in [-0.15, -0.1) is 0 Å². The van der Waals surface area contributed by atoms with Crippen LogP contribution in [0.3, 0.4) is 0 Å². The molecule has 3 nitrogen and oxygen atoms in total. The second kappa shape index (κ2) is 3.57. The molecule has 0 aromatic rings. The smallest absolute Gasteiger partial charge is 0.163 e. The summed E-state index contributed by atoms with van der Waals surface area (Å²) in [6.45, 7) is 0.380. The number of thiocarbonyl (C=S) groups is 2. The van der Waals surface area contributed by atoms with Crippen molar-refractivity contribution in [3.8, 4) is 0 Å². The molecular weight excluding hydrogens is 142 g/mol. The van der Waals surface area contributed by atoms with Crippen molar-refractivity contribution >= 4 is 34.5 Å². The molecule has 5 heteroatoms. The van der Waals surface area contributed by atoms with Gasteiger partial charge >= 0.3 is 0 Å². The van der Waals surface area contributed by atoms with Crippen LogP contribution >= 0.6 is 24.4 Å². The first-order valence-corrected chi connectivity index (χ1v) is 2.76. The van der Waals surface area contributed by atoms with Crippen LogP contribution in [0.5, 0.6) is 0 Å². The average Bonchev–Trinajstić information content (AvgIpc) is 1.61. The highest BCUT2D eigenvalue weighted by atomic mass is 32.1. The summed E-state index contributed by atoms with van der Waals surface area (Å²) in [6.07, 6.45) is 0. The topological polar surface area (TPSA) is 64.1 Å². The summed E-state index contributed by atoms with van der Waals surface area (Å²) < 4.78 is 0. The Hall–Kier alpha value is -0.420. The Morgan fingerprint density at radius 2 is 1.88 bits per heavy atom. The zero-order valence-corrected chi connectivity index (χ0v) is 5.81. The fraction of sp³-hybridized carbons (Fsp3) is 0.333. The fourth-order valence-electron chi connectivity index (χ4n) is 0.174. The molecule has 0 unspecified atom stereocenters. The van der Waals surface area contributed by atoms with Gasteiger partial charge in [-0.05, 0) is 12.2 Å². The van der Waals surface area contributed by atoms with Crippen molar-refractivity contribution in [1.29, 1.82) is 0 Å². The average molecular weight is 149 g/mol. The van der Waals surface area contributed by atoms with E-state index in [-0.39, 0.29) is 5.11 Å². The van der Waals surface area contributed by atoms with Crippen LogP contribution in [0.15, 0.2) is 0 Å². The molecule has 0 fully saturated rings. The number of nitrogens with two attached hydrogens (primary N) is 2. The van der Waals surface area contributed by atoms with E-state index in [1.807, 2.05) is 0 Å². The molecule has 0 rings (SSSR count). The third kappa shape index (κ3) is 5.58. The zero-order chi connectivity index (χ0) is 6.57. The number of hydrogen-bond acceptors (Lipinski definition) is 2. The summed E-state index contributed by atoms with van der Waals surface area (Å²) in [4.78, 5) is 0.359. The van der Waals surface area contributed by atoms with Gasteiger partial charge < -0.3 is 16.8 Å². The first-order valence-electron chi connectivity index (χ1n) is 1.94. The molecule has 0 aromatic carbocycles. The van der Waals surface area contributed by atoms with Gasteiger partial charge in [-0.3, -0.25) is 0 Å². The van der Waals surface area contributed by atoms with E-state index >= 15 is 0 Å². The SMILES string of the molecule is NC(=S)CNC(N)=S. The molecule has 0 heterocycles. The Morgan fingerprint density at radius 3 is 2.00 bits per heavy atom. The molecule has 0 amide bonds. The molecule has 0 aliphatic carbocycles. The normalized spacial score (nSPS) is 8.00. The van der Waals surface area contributed by atoms with Crippen LogP contribution in [0.1, 0.15) is 0 Å². The maximum atomic E-state index is 5.09. The molecule has 0 atom stereocenters. The predicted octanol–water partition coefficient (Wildman–Crippen LogP) is -0.894. The van der Waals surface area contributed by atoms with Crippen molar-refractivity contribution in [2.45, 2.75) is 0 Å². The van der Waals surface area contributed by atoms with Gasteiger partial charge in [0, 0.05) is 0 Å². The highest BCUT2D eigenvalue weighted by Crippen LogP contribution is 1.61. The van der Waals surface area contributed by atoms with Crippen LogP contribution in [0, 0.1) is 0 Å². The second-order valence-corrected chi connectivity index (χ2v) is 2.15. The first kappa shape index (κ1) is 7.58. The highest BCUT2D eigenvalue weighted by molar-refractivity contribution is 7.80. The Balaban J connectivity index is 3.18. The molecule has 0 radical (unpaired) electrons. The molecule has 0 aliphatic heterocycles. The summed E-state index contributed by atoms with van der Waals surface area (Å²) in [5, 5.41) is 2.81. The van der Waals surface area contributed by atoms with Crippen molar-refractivity contribution < 1.29 is 0 Å². The standard InChI is InChI=1S/C3H7N3S2/c4-2(7)1-6-3(5)8/h1H2,(H2,4,7)(H3,5,6,8). The quantitative estimate of drug-likeness (QED) is 0.444. The number of nitrogens with one attached hydrogen (secondary N) is 1. The molecule has 0 saturated carbocycles. The maximum Gasteiger partial charge on any atom is 0.163 e. The van der Waals surface area contributed by atoms with E-state index in [2.05, 4.69) is 29.8 Å². The Kier molecular flexibility index (Phi) is 3.38. The van der Waals surface area contributed by atoms with Crippen LogP contribution in [0.25, 0.3) is 0 Å². The summed E-state index contributed by atoms with van der Waals surface area (Å²) >= 11 is 8.98. The Morgan fingerprint density at radius 1 is 1.38 bits per heavy atom. The molecule has 46 valence electrons. The third-order valence-corrected chi connectivity index (χ3v) is 0.726. The van der Waals surface area contributed by atoms with Gasteiger partial charge in [0.05, 0.1) is 11.5 Å². The number of hydrogen-bond donors (Lipinski definition) is 3. The van der Waals surface area contributed by atoms with Crippen molar-refractivity contribution in [3.05, 3.63) is 0 Å². The van der Waals surface area contributed by atoms with Crippen LogP contribution < -0.4 is 16.8 Å². The summed E-state index contributed by atoms with van der Waals surface area (Å²) in [6, 6.07) is 0. The summed E-state index contributed by atoms with van der Waals surface area (Å²) in [5.41, 5.74) is 10.1. The first-order chi connectivity index (χ1) is 3.63. The molecule has 5 N–H and O–H groups in total. The minimum absolute atomic E-state index is 0.220. The van der Waals surface area contributed by atoms with Crippen molar-refractivity contribution in [1.82, 2.24) is 5.32 Å². The predicted molar refractivity (Wildman–Crippen MR) is 41.6 cm³/mol. The largest absolute Gasteiger partial charge is 0.392 e. The van der Waals surface area contributed by atoms with Crippen LogP contribution in [-0.2, 0) is 0 Å². The van der Waals surface area contributed by atoms with E-state index < -0.39 is 0 Å². The molecular formula is C3H7N3S2. The lowest BCUT2D eigenvalue weighted by Gasteiger charge is -1.98. The van der Waals surface area contributed by atoms with Gasteiger partial charge in [0.2, 0.25) is 0 Å². The Bertz CT molecular complexity index is 97.1. The van der Waals surface area contributed by atoms with Gasteiger partial charge in [-0.1, -0.05) is 12.2 Å². The highest BCUT2D eigenvalue weighted by Gasteiger charge is 1.86. The van der Waals surface area contributed by atoms with Crippen molar-refractivity contribution in [2.75, 3.05) is 6.54 Å². The fourth-order valence-corrected chi connectivity index (χ4v) is 0.319. The van der Waals surface area contributed by atoms with E-state index in [1.54, 1.807) is 0 Å². The minimum atomic E-state index is 0.220. The minimum Gasteiger partial charge on any atom is -0.392 e. The van der Waals surface area contributed by atoms with E-state index in [4.69, 9.17) is 11.5 Å². The van der Waals surface area contributed by atoms with Crippen LogP contribution in [0.4, 0.5) is 0 Å². The number of rotatable bonds is 2. The maximum absolute atomic E-state index is 5.09.